The molecule has 1 aromatic rings. The first-order valence-electron chi connectivity index (χ1n) is 6.51. The molecule has 0 saturated carbocycles. The van der Waals surface area contributed by atoms with Crippen LogP contribution in [0.5, 0.6) is 0 Å². The third kappa shape index (κ3) is 5.13. The molecule has 2 heteroatoms. The van der Waals surface area contributed by atoms with Crippen LogP contribution in [0.4, 0.5) is 0 Å². The summed E-state index contributed by atoms with van der Waals surface area (Å²) < 4.78 is 0. The minimum absolute atomic E-state index is 0.477. The van der Waals surface area contributed by atoms with Gasteiger partial charge in [-0.3, -0.25) is 0 Å². The van der Waals surface area contributed by atoms with Gasteiger partial charge in [0, 0.05) is 11.8 Å². The molecule has 96 valence electrons. The zero-order valence-electron chi connectivity index (χ0n) is 11.5. The van der Waals surface area contributed by atoms with Gasteiger partial charge in [0.25, 0.3) is 0 Å². The summed E-state index contributed by atoms with van der Waals surface area (Å²) in [5.74, 6) is 3.17. The van der Waals surface area contributed by atoms with Crippen molar-refractivity contribution in [3.05, 3.63) is 35.4 Å². The maximum Gasteiger partial charge on any atom is 0.0409 e. The highest BCUT2D eigenvalue weighted by molar-refractivity contribution is 7.99. The highest BCUT2D eigenvalue weighted by atomic mass is 32.2. The summed E-state index contributed by atoms with van der Waals surface area (Å²) >= 11 is 2.04. The zero-order chi connectivity index (χ0) is 12.7. The number of rotatable bonds is 7. The first kappa shape index (κ1) is 14.6. The van der Waals surface area contributed by atoms with Gasteiger partial charge in [-0.2, -0.15) is 11.8 Å². The second-order valence-corrected chi connectivity index (χ2v) is 5.95. The lowest BCUT2D eigenvalue weighted by atomic mass is 10.0. The zero-order valence-corrected chi connectivity index (χ0v) is 12.3. The lowest BCUT2D eigenvalue weighted by Crippen LogP contribution is -2.19. The molecule has 0 saturated heterocycles. The number of nitrogens with one attached hydrogen (secondary N) is 1. The lowest BCUT2D eigenvalue weighted by molar-refractivity contribution is 0.658. The molecule has 1 atom stereocenters. The van der Waals surface area contributed by atoms with Gasteiger partial charge in [-0.25, -0.2) is 0 Å². The number of aryl methyl sites for hydroxylation is 1. The van der Waals surface area contributed by atoms with E-state index >= 15 is 0 Å². The molecule has 17 heavy (non-hydrogen) atoms. The van der Waals surface area contributed by atoms with Crippen LogP contribution in [0.2, 0.25) is 0 Å². The number of hydrogen-bond acceptors (Lipinski definition) is 2. The number of benzene rings is 1. The van der Waals surface area contributed by atoms with Gasteiger partial charge in [0.15, 0.2) is 0 Å². The van der Waals surface area contributed by atoms with Crippen LogP contribution < -0.4 is 5.32 Å². The molecule has 0 amide bonds. The van der Waals surface area contributed by atoms with E-state index in [0.29, 0.717) is 6.04 Å². The predicted molar refractivity (Wildman–Crippen MR) is 79.8 cm³/mol. The Balaban J connectivity index is 2.59. The fraction of sp³-hybridized carbons (Fsp3) is 0.600. The Bertz CT molecular complexity index is 322. The topological polar surface area (TPSA) is 12.0 Å². The van der Waals surface area contributed by atoms with Gasteiger partial charge >= 0.3 is 0 Å². The second-order valence-electron chi connectivity index (χ2n) is 4.87. The highest BCUT2D eigenvalue weighted by Crippen LogP contribution is 2.20. The van der Waals surface area contributed by atoms with Gasteiger partial charge in [0.1, 0.15) is 0 Å². The predicted octanol–water partition coefficient (Wildman–Crippen LogP) is 3.90. The van der Waals surface area contributed by atoms with Crippen LogP contribution in [0, 0.1) is 5.92 Å². The molecule has 0 radical (unpaired) electrons. The fourth-order valence-electron chi connectivity index (χ4n) is 1.80. The summed E-state index contributed by atoms with van der Waals surface area (Å²) in [6.45, 7) is 6.76. The van der Waals surface area contributed by atoms with Crippen molar-refractivity contribution in [2.45, 2.75) is 33.2 Å². The van der Waals surface area contributed by atoms with Crippen LogP contribution in [0.25, 0.3) is 0 Å². The fourth-order valence-corrected chi connectivity index (χ4v) is 3.00. The standard InChI is InChI=1S/C15H25NS/c1-5-13-7-6-8-14(9-13)15(16-4)11-17-10-12(2)3/h6-9,12,15-16H,5,10-11H2,1-4H3. The Morgan fingerprint density at radius 2 is 2.00 bits per heavy atom. The van der Waals surface area contributed by atoms with Crippen molar-refractivity contribution in [2.75, 3.05) is 18.6 Å². The van der Waals surface area contributed by atoms with Crippen LogP contribution in [0.3, 0.4) is 0 Å². The molecule has 1 aromatic carbocycles. The minimum Gasteiger partial charge on any atom is -0.312 e. The Hall–Kier alpha value is -0.470. The van der Waals surface area contributed by atoms with E-state index in [1.807, 2.05) is 11.8 Å². The summed E-state index contributed by atoms with van der Waals surface area (Å²) in [6.07, 6.45) is 1.11. The maximum atomic E-state index is 3.42. The third-order valence-electron chi connectivity index (χ3n) is 2.85. The van der Waals surface area contributed by atoms with Crippen molar-refractivity contribution in [1.82, 2.24) is 5.32 Å². The van der Waals surface area contributed by atoms with Gasteiger partial charge in [-0.1, -0.05) is 45.0 Å². The van der Waals surface area contributed by atoms with Gasteiger partial charge in [0.2, 0.25) is 0 Å². The van der Waals surface area contributed by atoms with E-state index in [2.05, 4.69) is 57.4 Å². The number of hydrogen-bond donors (Lipinski definition) is 1. The van der Waals surface area contributed by atoms with Crippen LogP contribution in [-0.2, 0) is 6.42 Å². The Kier molecular flexibility index (Phi) is 6.68. The van der Waals surface area contributed by atoms with Crippen LogP contribution in [-0.4, -0.2) is 18.6 Å². The van der Waals surface area contributed by atoms with Gasteiger partial charge in [-0.05, 0) is 36.3 Å². The molecule has 0 aromatic heterocycles. The normalized spacial score (nSPS) is 13.0. The van der Waals surface area contributed by atoms with E-state index in [9.17, 15) is 0 Å². The molecule has 0 spiro atoms. The van der Waals surface area contributed by atoms with Crippen molar-refractivity contribution in [3.63, 3.8) is 0 Å². The summed E-state index contributed by atoms with van der Waals surface area (Å²) in [7, 11) is 2.05. The smallest absolute Gasteiger partial charge is 0.0409 e. The second kappa shape index (κ2) is 7.78. The summed E-state index contributed by atoms with van der Waals surface area (Å²) in [6, 6.07) is 9.42. The molecule has 1 N–H and O–H groups in total. The molecule has 1 nitrogen and oxygen atoms in total. The van der Waals surface area contributed by atoms with E-state index in [4.69, 9.17) is 0 Å². The van der Waals surface area contributed by atoms with E-state index in [1.165, 1.54) is 16.9 Å². The maximum absolute atomic E-state index is 3.42. The molecule has 0 bridgehead atoms. The Labute approximate surface area is 110 Å². The molecule has 0 fully saturated rings. The van der Waals surface area contributed by atoms with Crippen molar-refractivity contribution >= 4 is 11.8 Å². The molecular weight excluding hydrogens is 226 g/mol. The monoisotopic (exact) mass is 251 g/mol. The molecule has 1 unspecified atom stereocenters. The number of thioether (sulfide) groups is 1. The van der Waals surface area contributed by atoms with Gasteiger partial charge < -0.3 is 5.32 Å². The summed E-state index contributed by atoms with van der Waals surface area (Å²) in [5.41, 5.74) is 2.85. The minimum atomic E-state index is 0.477. The molecule has 0 aliphatic heterocycles. The average molecular weight is 251 g/mol. The molecule has 0 aliphatic rings. The third-order valence-corrected chi connectivity index (χ3v) is 4.32. The van der Waals surface area contributed by atoms with E-state index in [1.54, 1.807) is 0 Å². The van der Waals surface area contributed by atoms with E-state index < -0.39 is 0 Å². The molecule has 0 heterocycles. The van der Waals surface area contributed by atoms with Crippen molar-refractivity contribution < 1.29 is 0 Å². The lowest BCUT2D eigenvalue weighted by Gasteiger charge is -2.17. The quantitative estimate of drug-likeness (QED) is 0.789. The summed E-state index contributed by atoms with van der Waals surface area (Å²) in [5, 5.41) is 3.42. The van der Waals surface area contributed by atoms with Crippen LogP contribution >= 0.6 is 11.8 Å². The van der Waals surface area contributed by atoms with Crippen LogP contribution in [0.15, 0.2) is 24.3 Å². The van der Waals surface area contributed by atoms with Crippen molar-refractivity contribution in [2.24, 2.45) is 5.92 Å². The molecular formula is C15H25NS. The Morgan fingerprint density at radius 1 is 1.24 bits per heavy atom. The SMILES string of the molecule is CCc1cccc(C(CSCC(C)C)NC)c1. The van der Waals surface area contributed by atoms with E-state index in [-0.39, 0.29) is 0 Å². The van der Waals surface area contributed by atoms with E-state index in [0.717, 1.165) is 18.1 Å². The highest BCUT2D eigenvalue weighted by Gasteiger charge is 2.09. The van der Waals surface area contributed by atoms with Gasteiger partial charge in [-0.15, -0.1) is 0 Å². The molecule has 0 aliphatic carbocycles. The molecule has 1 rings (SSSR count). The average Bonchev–Trinajstić information content (AvgIpc) is 2.34. The first-order chi connectivity index (χ1) is 8.17. The Morgan fingerprint density at radius 3 is 2.59 bits per heavy atom. The first-order valence-corrected chi connectivity index (χ1v) is 7.66. The van der Waals surface area contributed by atoms with Crippen LogP contribution in [0.1, 0.15) is 37.9 Å². The van der Waals surface area contributed by atoms with Crippen molar-refractivity contribution in [3.8, 4) is 0 Å². The van der Waals surface area contributed by atoms with Gasteiger partial charge in [0.05, 0.1) is 0 Å². The summed E-state index contributed by atoms with van der Waals surface area (Å²) in [4.78, 5) is 0. The largest absolute Gasteiger partial charge is 0.312 e. The van der Waals surface area contributed by atoms with Crippen molar-refractivity contribution in [1.29, 1.82) is 0 Å².